The second-order valence-corrected chi connectivity index (χ2v) is 3.64. The lowest BCUT2D eigenvalue weighted by Gasteiger charge is -2.04. The summed E-state index contributed by atoms with van der Waals surface area (Å²) in [5, 5.41) is 5.72. The Kier molecular flexibility index (Phi) is 2.26. The summed E-state index contributed by atoms with van der Waals surface area (Å²) in [6, 6.07) is 3.59. The highest BCUT2D eigenvalue weighted by atomic mass is 35.5. The summed E-state index contributed by atoms with van der Waals surface area (Å²) in [7, 11) is 1.81. The minimum atomic E-state index is 0.387. The van der Waals surface area contributed by atoms with E-state index in [1.807, 2.05) is 13.1 Å². The molecule has 4 nitrogen and oxygen atoms in total. The number of nitrogen functional groups attached to an aromatic ring is 1. The van der Waals surface area contributed by atoms with Gasteiger partial charge in [0.25, 0.3) is 0 Å². The molecule has 1 heterocycles. The number of nitrogens with zero attached hydrogens (tertiary/aromatic N) is 2. The highest BCUT2D eigenvalue weighted by Gasteiger charge is 2.13. The van der Waals surface area contributed by atoms with Gasteiger partial charge in [-0.15, -0.1) is 0 Å². The van der Waals surface area contributed by atoms with Crippen LogP contribution < -0.4 is 11.3 Å². The van der Waals surface area contributed by atoms with E-state index in [-0.39, 0.29) is 0 Å². The number of aromatic nitrogens is 2. The molecular weight excluding hydrogens is 223 g/mol. The zero-order valence-electron chi connectivity index (χ0n) is 7.38. The van der Waals surface area contributed by atoms with Crippen molar-refractivity contribution in [2.24, 2.45) is 12.9 Å². The van der Waals surface area contributed by atoms with Crippen molar-refractivity contribution in [3.05, 3.63) is 22.3 Å². The minimum absolute atomic E-state index is 0.387. The van der Waals surface area contributed by atoms with Crippen LogP contribution in [0.5, 0.6) is 0 Å². The molecule has 0 aliphatic carbocycles. The van der Waals surface area contributed by atoms with Gasteiger partial charge in [-0.3, -0.25) is 10.5 Å². The number of hydrazine groups is 1. The Bertz CT molecular complexity index is 492. The van der Waals surface area contributed by atoms with Crippen LogP contribution in [-0.4, -0.2) is 9.78 Å². The van der Waals surface area contributed by atoms with E-state index < -0.39 is 0 Å². The molecule has 0 spiro atoms. The van der Waals surface area contributed by atoms with Crippen molar-refractivity contribution >= 4 is 39.8 Å². The number of fused-ring (bicyclic) bond motifs is 1. The Labute approximate surface area is 90.6 Å². The number of rotatable bonds is 1. The molecule has 0 atom stereocenters. The second kappa shape index (κ2) is 3.31. The van der Waals surface area contributed by atoms with Gasteiger partial charge in [0.1, 0.15) is 0 Å². The van der Waals surface area contributed by atoms with E-state index in [1.54, 1.807) is 10.7 Å². The van der Waals surface area contributed by atoms with E-state index >= 15 is 0 Å². The van der Waals surface area contributed by atoms with Crippen LogP contribution in [0.1, 0.15) is 0 Å². The first-order valence-electron chi connectivity index (χ1n) is 3.92. The second-order valence-electron chi connectivity index (χ2n) is 2.88. The van der Waals surface area contributed by atoms with Crippen LogP contribution in [0.3, 0.4) is 0 Å². The first kappa shape index (κ1) is 9.58. The van der Waals surface area contributed by atoms with Crippen molar-refractivity contribution in [2.75, 3.05) is 5.43 Å². The molecule has 14 heavy (non-hydrogen) atoms. The van der Waals surface area contributed by atoms with E-state index in [0.717, 1.165) is 10.9 Å². The summed E-state index contributed by atoms with van der Waals surface area (Å²) in [5.74, 6) is 5.36. The third kappa shape index (κ3) is 1.23. The standard InChI is InChI=1S/C8H8Cl2N4/c1-14-5-3-2-4(9)7(12-11)6(5)8(10)13-14/h2-3,12H,11H2,1H3. The van der Waals surface area contributed by atoms with Crippen molar-refractivity contribution in [1.29, 1.82) is 0 Å². The quantitative estimate of drug-likeness (QED) is 0.584. The molecular formula is C8H8Cl2N4. The molecule has 3 N–H and O–H groups in total. The lowest BCUT2D eigenvalue weighted by Crippen LogP contribution is -2.07. The summed E-state index contributed by atoms with van der Waals surface area (Å²) in [6.07, 6.45) is 0. The van der Waals surface area contributed by atoms with Crippen LogP contribution in [-0.2, 0) is 7.05 Å². The third-order valence-corrected chi connectivity index (χ3v) is 2.65. The summed E-state index contributed by atoms with van der Waals surface area (Å²) >= 11 is 11.9. The molecule has 74 valence electrons. The van der Waals surface area contributed by atoms with Gasteiger partial charge in [0.2, 0.25) is 0 Å². The van der Waals surface area contributed by atoms with Gasteiger partial charge in [0.05, 0.1) is 21.6 Å². The Hall–Kier alpha value is -0.970. The smallest absolute Gasteiger partial charge is 0.161 e. The average molecular weight is 231 g/mol. The zero-order chi connectivity index (χ0) is 10.3. The van der Waals surface area contributed by atoms with Crippen molar-refractivity contribution in [1.82, 2.24) is 9.78 Å². The van der Waals surface area contributed by atoms with Gasteiger partial charge in [0.15, 0.2) is 5.15 Å². The normalized spacial score (nSPS) is 10.9. The average Bonchev–Trinajstić information content (AvgIpc) is 2.43. The van der Waals surface area contributed by atoms with Gasteiger partial charge >= 0.3 is 0 Å². The fourth-order valence-electron chi connectivity index (χ4n) is 1.42. The Morgan fingerprint density at radius 3 is 2.79 bits per heavy atom. The molecule has 0 fully saturated rings. The number of anilines is 1. The molecule has 0 aliphatic rings. The molecule has 0 bridgehead atoms. The molecule has 1 aromatic heterocycles. The number of nitrogens with one attached hydrogen (secondary N) is 1. The largest absolute Gasteiger partial charge is 0.322 e. The number of aryl methyl sites for hydroxylation is 1. The van der Waals surface area contributed by atoms with Crippen molar-refractivity contribution in [2.45, 2.75) is 0 Å². The van der Waals surface area contributed by atoms with Gasteiger partial charge in [-0.2, -0.15) is 5.10 Å². The van der Waals surface area contributed by atoms with Crippen LogP contribution in [0.2, 0.25) is 10.2 Å². The highest BCUT2D eigenvalue weighted by molar-refractivity contribution is 6.39. The zero-order valence-corrected chi connectivity index (χ0v) is 8.89. The van der Waals surface area contributed by atoms with Gasteiger partial charge in [-0.05, 0) is 12.1 Å². The molecule has 1 aromatic carbocycles. The summed E-state index contributed by atoms with van der Waals surface area (Å²) in [5.41, 5.74) is 4.00. The first-order chi connectivity index (χ1) is 6.65. The number of halogens is 2. The van der Waals surface area contributed by atoms with E-state index in [0.29, 0.717) is 15.9 Å². The van der Waals surface area contributed by atoms with E-state index in [2.05, 4.69) is 10.5 Å². The topological polar surface area (TPSA) is 55.9 Å². The maximum atomic E-state index is 5.95. The molecule has 2 rings (SSSR count). The van der Waals surface area contributed by atoms with E-state index in [9.17, 15) is 0 Å². The SMILES string of the molecule is Cn1nc(Cl)c2c(NN)c(Cl)ccc21. The van der Waals surface area contributed by atoms with Crippen LogP contribution in [0.25, 0.3) is 10.9 Å². The van der Waals surface area contributed by atoms with Gasteiger partial charge < -0.3 is 5.43 Å². The fraction of sp³-hybridized carbons (Fsp3) is 0.125. The predicted molar refractivity (Wildman–Crippen MR) is 58.5 cm³/mol. The van der Waals surface area contributed by atoms with Gasteiger partial charge in [-0.25, -0.2) is 0 Å². The number of hydrogen-bond acceptors (Lipinski definition) is 3. The molecule has 0 unspecified atom stereocenters. The molecule has 2 aromatic rings. The Morgan fingerprint density at radius 2 is 2.14 bits per heavy atom. The summed E-state index contributed by atoms with van der Waals surface area (Å²) in [6.45, 7) is 0. The third-order valence-electron chi connectivity index (χ3n) is 2.07. The number of nitrogens with two attached hydrogens (primary N) is 1. The minimum Gasteiger partial charge on any atom is -0.322 e. The lowest BCUT2D eigenvalue weighted by molar-refractivity contribution is 0.797. The van der Waals surface area contributed by atoms with Gasteiger partial charge in [-0.1, -0.05) is 23.2 Å². The number of hydrogen-bond donors (Lipinski definition) is 2. The molecule has 0 radical (unpaired) electrons. The molecule has 0 amide bonds. The van der Waals surface area contributed by atoms with Crippen LogP contribution in [0.4, 0.5) is 5.69 Å². The van der Waals surface area contributed by atoms with Crippen molar-refractivity contribution < 1.29 is 0 Å². The van der Waals surface area contributed by atoms with Crippen LogP contribution >= 0.6 is 23.2 Å². The van der Waals surface area contributed by atoms with Crippen LogP contribution in [0, 0.1) is 0 Å². The van der Waals surface area contributed by atoms with Crippen molar-refractivity contribution in [3.63, 3.8) is 0 Å². The molecule has 0 saturated heterocycles. The highest BCUT2D eigenvalue weighted by Crippen LogP contribution is 2.34. The summed E-state index contributed by atoms with van der Waals surface area (Å²) in [4.78, 5) is 0. The van der Waals surface area contributed by atoms with E-state index in [1.165, 1.54) is 0 Å². The molecule has 6 heteroatoms. The Morgan fingerprint density at radius 1 is 1.43 bits per heavy atom. The fourth-order valence-corrected chi connectivity index (χ4v) is 1.94. The lowest BCUT2D eigenvalue weighted by atomic mass is 10.2. The molecule has 0 aliphatic heterocycles. The van der Waals surface area contributed by atoms with Gasteiger partial charge in [0, 0.05) is 7.05 Å². The van der Waals surface area contributed by atoms with E-state index in [4.69, 9.17) is 29.0 Å². The Balaban J connectivity index is 2.92. The molecule has 0 saturated carbocycles. The monoisotopic (exact) mass is 230 g/mol. The first-order valence-corrected chi connectivity index (χ1v) is 4.68. The van der Waals surface area contributed by atoms with Crippen molar-refractivity contribution in [3.8, 4) is 0 Å². The maximum absolute atomic E-state index is 5.95. The predicted octanol–water partition coefficient (Wildman–Crippen LogP) is 2.17. The summed E-state index contributed by atoms with van der Waals surface area (Å²) < 4.78 is 1.68. The number of benzene rings is 1. The van der Waals surface area contributed by atoms with Crippen LogP contribution in [0.15, 0.2) is 12.1 Å². The maximum Gasteiger partial charge on any atom is 0.161 e.